The van der Waals surface area contributed by atoms with Crippen LogP contribution in [0, 0.1) is 12.8 Å². The van der Waals surface area contributed by atoms with E-state index >= 15 is 0 Å². The number of hydrazone groups is 1. The maximum atomic E-state index is 13.0. The molecule has 2 aromatic rings. The molecule has 2 heterocycles. The number of hydrogen-bond donors (Lipinski definition) is 2. The summed E-state index contributed by atoms with van der Waals surface area (Å²) >= 11 is 0.867. The normalized spacial score (nSPS) is 18.9. The van der Waals surface area contributed by atoms with Gasteiger partial charge in [0.15, 0.2) is 5.62 Å². The van der Waals surface area contributed by atoms with Crippen molar-refractivity contribution in [3.63, 3.8) is 0 Å². The summed E-state index contributed by atoms with van der Waals surface area (Å²) in [6.07, 6.45) is 5.71. The second kappa shape index (κ2) is 14.5. The maximum Gasteiger partial charge on any atom is 0.251 e. The molecule has 2 atom stereocenters. The lowest BCUT2D eigenvalue weighted by Crippen LogP contribution is -2.53. The number of nitrogens with one attached hydrogen (secondary N) is 1. The van der Waals surface area contributed by atoms with Gasteiger partial charge in [0, 0.05) is 42.0 Å². The third-order valence-corrected chi connectivity index (χ3v) is 7.50. The molecule has 1 aliphatic heterocycles. The molecule has 0 bridgehead atoms. The average Bonchev–Trinajstić information content (AvgIpc) is 2.96. The Balaban J connectivity index is 0.00000195. The molecule has 10 heteroatoms. The molecule has 1 aromatic heterocycles. The highest BCUT2D eigenvalue weighted by molar-refractivity contribution is 8.24. The molecule has 2 unspecified atom stereocenters. The summed E-state index contributed by atoms with van der Waals surface area (Å²) in [4.78, 5) is 41.6. The van der Waals surface area contributed by atoms with Crippen LogP contribution in [0.2, 0.25) is 0 Å². The van der Waals surface area contributed by atoms with Crippen molar-refractivity contribution >= 4 is 34.7 Å². The Bertz CT molecular complexity index is 1140. The van der Waals surface area contributed by atoms with Crippen molar-refractivity contribution in [1.82, 2.24) is 15.2 Å². The fourth-order valence-corrected chi connectivity index (χ4v) is 5.52. The molecule has 204 valence electrons. The maximum absolute atomic E-state index is 13.0. The standard InChI is InChI=1S/C26H31N5O4S.C2H6/c1-17-12-19(21-4-2-3-5-23(21)28-17)14-35-20-8-6-18(7-9-20)25(34)29-24-10-11-31(15-32)13-22(24)26(30-27)36-16-33;1-2/h6-9,12,15-16,22,24H,2-5,10-11,13-14,27H2,1H3,(H,29,34);1-2H3/b30-26-;. The number of likely N-dealkylation sites (tertiary alicyclic amines) is 1. The number of aromatic nitrogens is 1. The Kier molecular flexibility index (Phi) is 11.1. The van der Waals surface area contributed by atoms with E-state index in [1.54, 1.807) is 29.2 Å². The Hall–Kier alpha value is -3.40. The molecule has 0 saturated carbocycles. The number of fused-ring (bicyclic) bond motifs is 1. The largest absolute Gasteiger partial charge is 0.489 e. The molecule has 38 heavy (non-hydrogen) atoms. The molecule has 0 radical (unpaired) electrons. The Labute approximate surface area is 228 Å². The zero-order valence-corrected chi connectivity index (χ0v) is 23.1. The van der Waals surface area contributed by atoms with E-state index in [-0.39, 0.29) is 17.9 Å². The smallest absolute Gasteiger partial charge is 0.251 e. The van der Waals surface area contributed by atoms with Crippen molar-refractivity contribution in [1.29, 1.82) is 0 Å². The van der Waals surface area contributed by atoms with Gasteiger partial charge in [-0.15, -0.1) is 0 Å². The van der Waals surface area contributed by atoms with Crippen molar-refractivity contribution in [2.24, 2.45) is 16.9 Å². The number of aryl methyl sites for hydroxylation is 2. The molecule has 2 aliphatic rings. The predicted molar refractivity (Wildman–Crippen MR) is 151 cm³/mol. The van der Waals surface area contributed by atoms with Crippen LogP contribution in [0.1, 0.15) is 66.0 Å². The number of carbonyl (C=O) groups excluding carboxylic acids is 3. The van der Waals surface area contributed by atoms with Gasteiger partial charge in [-0.05, 0) is 92.2 Å². The number of piperidine rings is 1. The minimum absolute atomic E-state index is 0.248. The number of thioether (sulfide) groups is 1. The summed E-state index contributed by atoms with van der Waals surface area (Å²) in [5.74, 6) is 5.56. The van der Waals surface area contributed by atoms with Crippen LogP contribution in [-0.4, -0.2) is 52.0 Å². The highest BCUT2D eigenvalue weighted by Crippen LogP contribution is 2.26. The van der Waals surface area contributed by atoms with E-state index in [1.807, 2.05) is 20.8 Å². The van der Waals surface area contributed by atoms with E-state index < -0.39 is 0 Å². The highest BCUT2D eigenvalue weighted by Gasteiger charge is 2.34. The van der Waals surface area contributed by atoms with Crippen molar-refractivity contribution in [2.45, 2.75) is 65.5 Å². The first-order valence-electron chi connectivity index (χ1n) is 13.1. The van der Waals surface area contributed by atoms with Crippen molar-refractivity contribution in [3.05, 3.63) is 58.4 Å². The number of benzene rings is 1. The summed E-state index contributed by atoms with van der Waals surface area (Å²) in [6.45, 7) is 7.30. The molecule has 1 fully saturated rings. The number of pyridine rings is 1. The van der Waals surface area contributed by atoms with Gasteiger partial charge < -0.3 is 20.8 Å². The third kappa shape index (κ3) is 7.34. The topological polar surface area (TPSA) is 127 Å². The van der Waals surface area contributed by atoms with E-state index in [4.69, 9.17) is 15.6 Å². The molecule has 1 aliphatic carbocycles. The molecule has 3 N–H and O–H groups in total. The first-order chi connectivity index (χ1) is 18.5. The first-order valence-corrected chi connectivity index (χ1v) is 14.0. The Morgan fingerprint density at radius 2 is 1.97 bits per heavy atom. The van der Waals surface area contributed by atoms with Crippen LogP contribution >= 0.6 is 11.8 Å². The lowest BCUT2D eigenvalue weighted by molar-refractivity contribution is -0.119. The van der Waals surface area contributed by atoms with Gasteiger partial charge in [-0.1, -0.05) is 13.8 Å². The summed E-state index contributed by atoms with van der Waals surface area (Å²) in [7, 11) is 0. The van der Waals surface area contributed by atoms with Gasteiger partial charge in [0.2, 0.25) is 6.41 Å². The summed E-state index contributed by atoms with van der Waals surface area (Å²) in [6, 6.07) is 8.82. The van der Waals surface area contributed by atoms with Crippen LogP contribution in [-0.2, 0) is 29.0 Å². The average molecular weight is 540 g/mol. The van der Waals surface area contributed by atoms with E-state index in [2.05, 4.69) is 16.5 Å². The number of amides is 2. The van der Waals surface area contributed by atoms with Crippen molar-refractivity contribution in [2.75, 3.05) is 13.1 Å². The third-order valence-electron chi connectivity index (χ3n) is 6.75. The van der Waals surface area contributed by atoms with Gasteiger partial charge >= 0.3 is 0 Å². The molecular formula is C28H37N5O4S. The molecule has 1 saturated heterocycles. The number of ether oxygens (including phenoxy) is 1. The number of nitrogens with zero attached hydrogens (tertiary/aromatic N) is 3. The number of nitrogens with two attached hydrogens (primary N) is 1. The second-order valence-electron chi connectivity index (χ2n) is 9.13. The quantitative estimate of drug-likeness (QED) is 0.172. The fraction of sp³-hybridized carbons (Fsp3) is 0.464. The lowest BCUT2D eigenvalue weighted by atomic mass is 9.92. The molecule has 1 aromatic carbocycles. The molecule has 4 rings (SSSR count). The first kappa shape index (κ1) is 29.2. The van der Waals surface area contributed by atoms with Gasteiger partial charge in [-0.2, -0.15) is 5.10 Å². The van der Waals surface area contributed by atoms with E-state index in [0.29, 0.717) is 48.1 Å². The van der Waals surface area contributed by atoms with Crippen LogP contribution in [0.15, 0.2) is 35.4 Å². The molecule has 2 amide bonds. The van der Waals surface area contributed by atoms with E-state index in [0.717, 1.165) is 36.7 Å². The SMILES string of the molecule is CC.Cc1cc(COc2ccc(C(=O)NC3CCN(C=O)CC3/C(=N/N)SC=O)cc2)c2c(n1)CCCC2. The van der Waals surface area contributed by atoms with Crippen LogP contribution in [0.4, 0.5) is 0 Å². The second-order valence-corrected chi connectivity index (χ2v) is 9.97. The fourth-order valence-electron chi connectivity index (χ4n) is 4.95. The molecule has 0 spiro atoms. The number of rotatable bonds is 8. The van der Waals surface area contributed by atoms with E-state index in [9.17, 15) is 14.4 Å². The Morgan fingerprint density at radius 3 is 2.66 bits per heavy atom. The van der Waals surface area contributed by atoms with Crippen molar-refractivity contribution in [3.8, 4) is 5.75 Å². The lowest BCUT2D eigenvalue weighted by Gasteiger charge is -2.37. The van der Waals surface area contributed by atoms with Crippen LogP contribution in [0.3, 0.4) is 0 Å². The Morgan fingerprint density at radius 1 is 1.24 bits per heavy atom. The van der Waals surface area contributed by atoms with Gasteiger partial charge in [0.25, 0.3) is 5.91 Å². The van der Waals surface area contributed by atoms with Gasteiger partial charge in [0.05, 0.1) is 0 Å². The summed E-state index contributed by atoms with van der Waals surface area (Å²) in [5.41, 5.74) is 5.83. The van der Waals surface area contributed by atoms with Gasteiger partial charge in [0.1, 0.15) is 17.4 Å². The van der Waals surface area contributed by atoms with Crippen LogP contribution in [0.25, 0.3) is 0 Å². The minimum Gasteiger partial charge on any atom is -0.489 e. The van der Waals surface area contributed by atoms with E-state index in [1.165, 1.54) is 29.7 Å². The summed E-state index contributed by atoms with van der Waals surface area (Å²) < 4.78 is 6.05. The predicted octanol–water partition coefficient (Wildman–Crippen LogP) is 3.65. The van der Waals surface area contributed by atoms with Crippen molar-refractivity contribution < 1.29 is 19.1 Å². The zero-order chi connectivity index (χ0) is 27.5. The van der Waals surface area contributed by atoms with Gasteiger partial charge in [-0.3, -0.25) is 19.4 Å². The minimum atomic E-state index is -0.356. The molecule has 9 nitrogen and oxygen atoms in total. The molecular weight excluding hydrogens is 502 g/mol. The number of carbonyl (C=O) groups is 3. The summed E-state index contributed by atoms with van der Waals surface area (Å²) in [5, 5.41) is 7.14. The van der Waals surface area contributed by atoms with Crippen LogP contribution < -0.4 is 15.9 Å². The highest BCUT2D eigenvalue weighted by atomic mass is 32.2. The van der Waals surface area contributed by atoms with Gasteiger partial charge in [-0.25, -0.2) is 0 Å². The van der Waals surface area contributed by atoms with Crippen LogP contribution in [0.5, 0.6) is 5.75 Å². The monoisotopic (exact) mass is 539 g/mol. The zero-order valence-electron chi connectivity index (χ0n) is 22.3. The number of hydrogen-bond acceptors (Lipinski definition) is 8.